The average molecular weight is 405 g/mol. The minimum absolute atomic E-state index is 0.527. The molecule has 0 amide bonds. The molecule has 29 heavy (non-hydrogen) atoms. The first-order valence-electron chi connectivity index (χ1n) is 9.97. The van der Waals surface area contributed by atoms with Gasteiger partial charge in [-0.2, -0.15) is 5.26 Å². The number of hydrogen-bond donors (Lipinski definition) is 2. The van der Waals surface area contributed by atoms with Gasteiger partial charge in [-0.15, -0.1) is 0 Å². The minimum Gasteiger partial charge on any atom is -0.354 e. The summed E-state index contributed by atoms with van der Waals surface area (Å²) in [6.45, 7) is 4.36. The Morgan fingerprint density at radius 1 is 1.21 bits per heavy atom. The number of benzene rings is 1. The van der Waals surface area contributed by atoms with Gasteiger partial charge < -0.3 is 15.5 Å². The highest BCUT2D eigenvalue weighted by molar-refractivity contribution is 8.06. The average Bonchev–Trinajstić information content (AvgIpc) is 3.45. The van der Waals surface area contributed by atoms with E-state index in [1.165, 1.54) is 37.7 Å². The molecule has 4 rings (SSSR count). The molecule has 0 saturated carbocycles. The Balaban J connectivity index is 1.40. The fraction of sp³-hybridized carbons (Fsp3) is 0.318. The van der Waals surface area contributed by atoms with E-state index in [0.29, 0.717) is 17.2 Å². The molecule has 0 aliphatic carbocycles. The van der Waals surface area contributed by atoms with Crippen molar-refractivity contribution in [3.05, 3.63) is 64.3 Å². The normalized spacial score (nSPS) is 18.1. The highest BCUT2D eigenvalue weighted by atomic mass is 32.2. The lowest BCUT2D eigenvalue weighted by Crippen LogP contribution is -2.22. The van der Waals surface area contributed by atoms with Crippen LogP contribution in [-0.4, -0.2) is 41.0 Å². The van der Waals surface area contributed by atoms with E-state index in [9.17, 15) is 5.26 Å². The van der Waals surface area contributed by atoms with Gasteiger partial charge in [0.25, 0.3) is 0 Å². The number of likely N-dealkylation sites (tertiary alicyclic amines) is 1. The van der Waals surface area contributed by atoms with Crippen LogP contribution in [0.25, 0.3) is 11.3 Å². The van der Waals surface area contributed by atoms with Crippen molar-refractivity contribution < 1.29 is 0 Å². The van der Waals surface area contributed by atoms with E-state index >= 15 is 0 Å². The van der Waals surface area contributed by atoms with Gasteiger partial charge in [-0.05, 0) is 50.5 Å². The molecule has 7 heteroatoms. The molecule has 2 aliphatic heterocycles. The van der Waals surface area contributed by atoms with Crippen molar-refractivity contribution >= 4 is 29.0 Å². The lowest BCUT2D eigenvalue weighted by atomic mass is 10.1. The lowest BCUT2D eigenvalue weighted by Gasteiger charge is -2.14. The van der Waals surface area contributed by atoms with E-state index in [0.717, 1.165) is 35.8 Å². The summed E-state index contributed by atoms with van der Waals surface area (Å²) >= 11 is 1.51. The summed E-state index contributed by atoms with van der Waals surface area (Å²) in [7, 11) is 0. The first-order valence-corrected chi connectivity index (χ1v) is 10.8. The standard InChI is InChI=1S/C22H24N6S/c23-15-18(21-26-20(16-29-21)17-7-2-1-3-8-17)19-9-11-25-22(27-19)24-10-6-14-28-12-4-5-13-28/h1-3,7-9,11,16,26H,4-6,10,12-14H2,(H,24,25,27). The highest BCUT2D eigenvalue weighted by Gasteiger charge is 2.18. The van der Waals surface area contributed by atoms with Crippen LogP contribution in [0.1, 0.15) is 30.5 Å². The third kappa shape index (κ3) is 4.97. The fourth-order valence-electron chi connectivity index (χ4n) is 3.49. The van der Waals surface area contributed by atoms with Crippen LogP contribution in [0.15, 0.2) is 53.0 Å². The SMILES string of the molecule is N#CC(=C1NC(c2ccccc2)=CS1)c1ccnc(NCCCN2CCCC2)n1. The lowest BCUT2D eigenvalue weighted by molar-refractivity contribution is 0.337. The highest BCUT2D eigenvalue weighted by Crippen LogP contribution is 2.34. The topological polar surface area (TPSA) is 76.9 Å². The number of allylic oxidation sites excluding steroid dienone is 1. The maximum Gasteiger partial charge on any atom is 0.223 e. The zero-order valence-electron chi connectivity index (χ0n) is 16.3. The Labute approximate surface area is 175 Å². The van der Waals surface area contributed by atoms with Crippen molar-refractivity contribution in [3.8, 4) is 6.07 Å². The van der Waals surface area contributed by atoms with Crippen molar-refractivity contribution in [1.82, 2.24) is 20.2 Å². The van der Waals surface area contributed by atoms with Gasteiger partial charge in [-0.25, -0.2) is 9.97 Å². The minimum atomic E-state index is 0.527. The summed E-state index contributed by atoms with van der Waals surface area (Å²) in [6.07, 6.45) is 5.39. The molecule has 1 fully saturated rings. The van der Waals surface area contributed by atoms with Crippen molar-refractivity contribution in [2.75, 3.05) is 31.5 Å². The van der Waals surface area contributed by atoms with Crippen LogP contribution in [0.3, 0.4) is 0 Å². The van der Waals surface area contributed by atoms with Gasteiger partial charge in [0.2, 0.25) is 5.95 Å². The Morgan fingerprint density at radius 2 is 2.03 bits per heavy atom. The van der Waals surface area contributed by atoms with E-state index in [2.05, 4.69) is 31.6 Å². The molecular formula is C22H24N6S. The summed E-state index contributed by atoms with van der Waals surface area (Å²) in [5, 5.41) is 19.2. The number of aromatic nitrogens is 2. The predicted octanol–water partition coefficient (Wildman–Crippen LogP) is 3.90. The van der Waals surface area contributed by atoms with Crippen LogP contribution in [0, 0.1) is 11.3 Å². The number of hydrogen-bond acceptors (Lipinski definition) is 7. The van der Waals surface area contributed by atoms with Gasteiger partial charge in [-0.1, -0.05) is 42.1 Å². The maximum atomic E-state index is 9.75. The Hall–Kier alpha value is -2.82. The molecule has 3 heterocycles. The molecule has 2 aliphatic rings. The van der Waals surface area contributed by atoms with Gasteiger partial charge in [0.1, 0.15) is 11.6 Å². The van der Waals surface area contributed by atoms with Crippen LogP contribution in [0.2, 0.25) is 0 Å². The third-order valence-corrected chi connectivity index (χ3v) is 5.91. The van der Waals surface area contributed by atoms with Crippen molar-refractivity contribution in [2.45, 2.75) is 19.3 Å². The maximum absolute atomic E-state index is 9.75. The molecule has 2 aromatic rings. The van der Waals surface area contributed by atoms with E-state index in [1.54, 1.807) is 12.3 Å². The summed E-state index contributed by atoms with van der Waals surface area (Å²) in [6, 6.07) is 14.2. The summed E-state index contributed by atoms with van der Waals surface area (Å²) < 4.78 is 0. The zero-order chi connectivity index (χ0) is 19.9. The van der Waals surface area contributed by atoms with Crippen molar-refractivity contribution in [2.24, 2.45) is 0 Å². The van der Waals surface area contributed by atoms with Gasteiger partial charge in [0.15, 0.2) is 0 Å². The quantitative estimate of drug-likeness (QED) is 0.535. The smallest absolute Gasteiger partial charge is 0.223 e. The van der Waals surface area contributed by atoms with Crippen LogP contribution < -0.4 is 10.6 Å². The van der Waals surface area contributed by atoms with Gasteiger partial charge >= 0.3 is 0 Å². The number of nitrogens with zero attached hydrogens (tertiary/aromatic N) is 4. The molecule has 1 aromatic heterocycles. The number of rotatable bonds is 7. The molecule has 0 atom stereocenters. The number of nitrogens with one attached hydrogen (secondary N) is 2. The number of anilines is 1. The Bertz CT molecular complexity index is 941. The second-order valence-electron chi connectivity index (χ2n) is 7.05. The molecule has 2 N–H and O–H groups in total. The van der Waals surface area contributed by atoms with Crippen molar-refractivity contribution in [3.63, 3.8) is 0 Å². The summed E-state index contributed by atoms with van der Waals surface area (Å²) in [5.74, 6) is 0.566. The molecule has 6 nitrogen and oxygen atoms in total. The monoisotopic (exact) mass is 404 g/mol. The van der Waals surface area contributed by atoms with E-state index in [4.69, 9.17) is 0 Å². The van der Waals surface area contributed by atoms with Crippen LogP contribution in [0.4, 0.5) is 5.95 Å². The number of nitriles is 1. The molecule has 0 bridgehead atoms. The summed E-state index contributed by atoms with van der Waals surface area (Å²) in [4.78, 5) is 11.4. The van der Waals surface area contributed by atoms with E-state index in [-0.39, 0.29) is 0 Å². The molecule has 0 unspecified atom stereocenters. The van der Waals surface area contributed by atoms with Gasteiger partial charge in [0.05, 0.1) is 16.4 Å². The largest absolute Gasteiger partial charge is 0.354 e. The van der Waals surface area contributed by atoms with E-state index in [1.807, 2.05) is 35.7 Å². The molecule has 0 spiro atoms. The predicted molar refractivity (Wildman–Crippen MR) is 118 cm³/mol. The molecule has 1 aromatic carbocycles. The molecule has 148 valence electrons. The van der Waals surface area contributed by atoms with E-state index < -0.39 is 0 Å². The third-order valence-electron chi connectivity index (χ3n) is 5.01. The van der Waals surface area contributed by atoms with Crippen LogP contribution in [-0.2, 0) is 0 Å². The van der Waals surface area contributed by atoms with Crippen molar-refractivity contribution in [1.29, 1.82) is 5.26 Å². The molecular weight excluding hydrogens is 380 g/mol. The van der Waals surface area contributed by atoms with Crippen LogP contribution >= 0.6 is 11.8 Å². The first-order chi connectivity index (χ1) is 14.3. The zero-order valence-corrected chi connectivity index (χ0v) is 17.1. The molecule has 0 radical (unpaired) electrons. The second kappa shape index (κ2) is 9.59. The second-order valence-corrected chi connectivity index (χ2v) is 7.93. The summed E-state index contributed by atoms with van der Waals surface area (Å²) in [5.41, 5.74) is 3.24. The number of thioether (sulfide) groups is 1. The van der Waals surface area contributed by atoms with Crippen LogP contribution in [0.5, 0.6) is 0 Å². The van der Waals surface area contributed by atoms with Gasteiger partial charge in [-0.3, -0.25) is 0 Å². The Morgan fingerprint density at radius 3 is 2.83 bits per heavy atom. The fourth-order valence-corrected chi connectivity index (χ4v) is 4.36. The van der Waals surface area contributed by atoms with Gasteiger partial charge in [0, 0.05) is 18.1 Å². The molecule has 1 saturated heterocycles. The Kier molecular flexibility index (Phi) is 6.45. The first kappa shape index (κ1) is 19.5.